The van der Waals surface area contributed by atoms with E-state index in [1.807, 2.05) is 31.2 Å². The van der Waals surface area contributed by atoms with Crippen LogP contribution in [0, 0.1) is 13.8 Å². The molecule has 2 rings (SSSR count). The average molecular weight is 332 g/mol. The Bertz CT molecular complexity index is 829. The summed E-state index contributed by atoms with van der Waals surface area (Å²) >= 11 is 0. The topological polar surface area (TPSA) is 75.3 Å². The normalized spacial score (nSPS) is 11.3. The van der Waals surface area contributed by atoms with Crippen LogP contribution in [0.4, 0.5) is 5.69 Å². The molecule has 5 nitrogen and oxygen atoms in total. The molecule has 0 unspecified atom stereocenters. The third-order valence-electron chi connectivity index (χ3n) is 3.49. The van der Waals surface area contributed by atoms with E-state index in [9.17, 15) is 13.2 Å². The third kappa shape index (κ3) is 3.97. The number of anilines is 1. The molecule has 1 amide bonds. The molecule has 6 heteroatoms. The fourth-order valence-corrected chi connectivity index (χ4v) is 3.26. The summed E-state index contributed by atoms with van der Waals surface area (Å²) in [6.45, 7) is 5.67. The summed E-state index contributed by atoms with van der Waals surface area (Å²) in [5.74, 6) is -0.328. The maximum Gasteiger partial charge on any atom is 0.255 e. The number of benzene rings is 2. The number of amides is 1. The van der Waals surface area contributed by atoms with Crippen molar-refractivity contribution >= 4 is 21.6 Å². The number of hydrogen-bond acceptors (Lipinski definition) is 3. The maximum absolute atomic E-state index is 12.5. The Balaban J connectivity index is 2.36. The molecule has 0 aliphatic heterocycles. The van der Waals surface area contributed by atoms with E-state index < -0.39 is 10.0 Å². The minimum atomic E-state index is -3.59. The second-order valence-electron chi connectivity index (χ2n) is 5.25. The lowest BCUT2D eigenvalue weighted by Gasteiger charge is -2.12. The molecule has 122 valence electrons. The molecule has 2 N–H and O–H groups in total. The molecule has 0 aliphatic rings. The molecule has 0 atom stereocenters. The highest BCUT2D eigenvalue weighted by Gasteiger charge is 2.17. The molecule has 0 saturated heterocycles. The van der Waals surface area contributed by atoms with E-state index in [2.05, 4.69) is 10.0 Å². The van der Waals surface area contributed by atoms with Crippen molar-refractivity contribution in [3.8, 4) is 0 Å². The van der Waals surface area contributed by atoms with E-state index in [0.717, 1.165) is 5.56 Å². The van der Waals surface area contributed by atoms with Crippen LogP contribution in [-0.2, 0) is 10.0 Å². The molecule has 0 fully saturated rings. The standard InChI is InChI=1S/C17H20N2O3S/c1-4-18-23(21,22)14-10-9-12(2)15(11-14)17(20)19-16-8-6-5-7-13(16)3/h5-11,18H,4H2,1-3H3,(H,19,20). The number of sulfonamides is 1. The van der Waals surface area contributed by atoms with Gasteiger partial charge in [-0.3, -0.25) is 4.79 Å². The molecule has 0 bridgehead atoms. The van der Waals surface area contributed by atoms with Crippen LogP contribution in [0.5, 0.6) is 0 Å². The van der Waals surface area contributed by atoms with Gasteiger partial charge in [-0.1, -0.05) is 31.2 Å². The summed E-state index contributed by atoms with van der Waals surface area (Å²) in [6, 6.07) is 12.0. The molecule has 0 heterocycles. The lowest BCUT2D eigenvalue weighted by Crippen LogP contribution is -2.24. The van der Waals surface area contributed by atoms with Crippen LogP contribution in [0.1, 0.15) is 28.4 Å². The number of aryl methyl sites for hydroxylation is 2. The summed E-state index contributed by atoms with van der Waals surface area (Å²) in [5.41, 5.74) is 2.70. The number of para-hydroxylation sites is 1. The van der Waals surface area contributed by atoms with Gasteiger partial charge < -0.3 is 5.32 Å². The third-order valence-corrected chi connectivity index (χ3v) is 5.03. The van der Waals surface area contributed by atoms with Gasteiger partial charge in [0.1, 0.15) is 0 Å². The van der Waals surface area contributed by atoms with Crippen LogP contribution >= 0.6 is 0 Å². The lowest BCUT2D eigenvalue weighted by molar-refractivity contribution is 0.102. The molecular formula is C17H20N2O3S. The summed E-state index contributed by atoms with van der Waals surface area (Å²) < 4.78 is 26.6. The molecule has 2 aromatic carbocycles. The van der Waals surface area contributed by atoms with E-state index in [1.165, 1.54) is 12.1 Å². The van der Waals surface area contributed by atoms with Gasteiger partial charge in [-0.2, -0.15) is 0 Å². The summed E-state index contributed by atoms with van der Waals surface area (Å²) in [4.78, 5) is 12.6. The molecule has 0 radical (unpaired) electrons. The molecule has 0 spiro atoms. The zero-order valence-corrected chi connectivity index (χ0v) is 14.2. The van der Waals surface area contributed by atoms with Crippen LogP contribution in [-0.4, -0.2) is 20.9 Å². The number of carbonyl (C=O) groups excluding carboxylic acids is 1. The molecular weight excluding hydrogens is 312 g/mol. The van der Waals surface area contributed by atoms with Crippen molar-refractivity contribution in [2.45, 2.75) is 25.7 Å². The smallest absolute Gasteiger partial charge is 0.255 e. The Morgan fingerprint density at radius 3 is 2.39 bits per heavy atom. The summed E-state index contributed by atoms with van der Waals surface area (Å²) in [6.07, 6.45) is 0. The maximum atomic E-state index is 12.5. The minimum Gasteiger partial charge on any atom is -0.322 e. The number of nitrogens with one attached hydrogen (secondary N) is 2. The van der Waals surface area contributed by atoms with Crippen molar-refractivity contribution < 1.29 is 13.2 Å². The zero-order chi connectivity index (χ0) is 17.0. The first-order valence-corrected chi connectivity index (χ1v) is 8.80. The Labute approximate surface area is 136 Å². The van der Waals surface area contributed by atoms with Crippen LogP contribution in [0.2, 0.25) is 0 Å². The lowest BCUT2D eigenvalue weighted by atomic mass is 10.1. The predicted molar refractivity (Wildman–Crippen MR) is 91.2 cm³/mol. The highest BCUT2D eigenvalue weighted by atomic mass is 32.2. The molecule has 23 heavy (non-hydrogen) atoms. The van der Waals surface area contributed by atoms with Crippen LogP contribution in [0.25, 0.3) is 0 Å². The zero-order valence-electron chi connectivity index (χ0n) is 13.4. The van der Waals surface area contributed by atoms with Crippen molar-refractivity contribution in [1.29, 1.82) is 0 Å². The highest BCUT2D eigenvalue weighted by molar-refractivity contribution is 7.89. The first kappa shape index (κ1) is 17.2. The van der Waals surface area contributed by atoms with E-state index in [-0.39, 0.29) is 10.8 Å². The largest absolute Gasteiger partial charge is 0.322 e. The van der Waals surface area contributed by atoms with Crippen molar-refractivity contribution in [3.63, 3.8) is 0 Å². The van der Waals surface area contributed by atoms with E-state index >= 15 is 0 Å². The fourth-order valence-electron chi connectivity index (χ4n) is 2.19. The van der Waals surface area contributed by atoms with Gasteiger partial charge in [0.15, 0.2) is 0 Å². The molecule has 0 saturated carbocycles. The van der Waals surface area contributed by atoms with Crippen molar-refractivity contribution in [2.75, 3.05) is 11.9 Å². The van der Waals surface area contributed by atoms with Gasteiger partial charge in [-0.25, -0.2) is 13.1 Å². The van der Waals surface area contributed by atoms with Crippen molar-refractivity contribution in [1.82, 2.24) is 4.72 Å². The first-order valence-electron chi connectivity index (χ1n) is 7.32. The van der Waals surface area contributed by atoms with Crippen LogP contribution < -0.4 is 10.0 Å². The van der Waals surface area contributed by atoms with Gasteiger partial charge >= 0.3 is 0 Å². The van der Waals surface area contributed by atoms with Gasteiger partial charge in [-0.05, 0) is 43.2 Å². The Hall–Kier alpha value is -2.18. The molecule has 0 aromatic heterocycles. The van der Waals surface area contributed by atoms with Crippen molar-refractivity contribution in [2.24, 2.45) is 0 Å². The Morgan fingerprint density at radius 2 is 1.74 bits per heavy atom. The summed E-state index contributed by atoms with van der Waals surface area (Å²) in [5, 5.41) is 2.82. The number of carbonyl (C=O) groups is 1. The van der Waals surface area contributed by atoms with Gasteiger partial charge in [-0.15, -0.1) is 0 Å². The van der Waals surface area contributed by atoms with E-state index in [4.69, 9.17) is 0 Å². The average Bonchev–Trinajstić information content (AvgIpc) is 2.49. The SMILES string of the molecule is CCNS(=O)(=O)c1ccc(C)c(C(=O)Nc2ccccc2C)c1. The monoisotopic (exact) mass is 332 g/mol. The number of hydrogen-bond donors (Lipinski definition) is 2. The van der Waals surface area contributed by atoms with Gasteiger partial charge in [0.25, 0.3) is 5.91 Å². The second-order valence-corrected chi connectivity index (χ2v) is 7.01. The predicted octanol–water partition coefficient (Wildman–Crippen LogP) is 2.85. The second kappa shape index (κ2) is 6.93. The first-order chi connectivity index (χ1) is 10.8. The minimum absolute atomic E-state index is 0.0832. The number of rotatable bonds is 5. The van der Waals surface area contributed by atoms with E-state index in [1.54, 1.807) is 19.9 Å². The van der Waals surface area contributed by atoms with Gasteiger partial charge in [0.05, 0.1) is 4.90 Å². The quantitative estimate of drug-likeness (QED) is 0.884. The fraction of sp³-hybridized carbons (Fsp3) is 0.235. The van der Waals surface area contributed by atoms with Crippen LogP contribution in [0.3, 0.4) is 0 Å². The molecule has 2 aromatic rings. The van der Waals surface area contributed by atoms with Crippen LogP contribution in [0.15, 0.2) is 47.4 Å². The van der Waals surface area contributed by atoms with Gasteiger partial charge in [0, 0.05) is 17.8 Å². The van der Waals surface area contributed by atoms with E-state index in [0.29, 0.717) is 23.4 Å². The van der Waals surface area contributed by atoms with Crippen molar-refractivity contribution in [3.05, 3.63) is 59.2 Å². The molecule has 0 aliphatic carbocycles. The summed E-state index contributed by atoms with van der Waals surface area (Å²) in [7, 11) is -3.59. The Kier molecular flexibility index (Phi) is 5.18. The van der Waals surface area contributed by atoms with Gasteiger partial charge in [0.2, 0.25) is 10.0 Å². The Morgan fingerprint density at radius 1 is 1.04 bits per heavy atom. The highest BCUT2D eigenvalue weighted by Crippen LogP contribution is 2.19.